The SMILES string of the molecule is CN1CCN(c2ncc(CS)s2)CC1. The summed E-state index contributed by atoms with van der Waals surface area (Å²) >= 11 is 6.01. The average molecular weight is 229 g/mol. The van der Waals surface area contributed by atoms with Crippen LogP contribution in [0.4, 0.5) is 5.13 Å². The van der Waals surface area contributed by atoms with Crippen LogP contribution in [0.25, 0.3) is 0 Å². The number of aromatic nitrogens is 1. The number of thiazole rings is 1. The van der Waals surface area contributed by atoms with E-state index in [0.717, 1.165) is 37.1 Å². The van der Waals surface area contributed by atoms with Gasteiger partial charge in [0.25, 0.3) is 0 Å². The number of hydrogen-bond donors (Lipinski definition) is 1. The summed E-state index contributed by atoms with van der Waals surface area (Å²) in [4.78, 5) is 10.4. The largest absolute Gasteiger partial charge is 0.346 e. The van der Waals surface area contributed by atoms with E-state index in [2.05, 4.69) is 34.5 Å². The van der Waals surface area contributed by atoms with Crippen LogP contribution in [0.3, 0.4) is 0 Å². The molecule has 0 radical (unpaired) electrons. The highest BCUT2D eigenvalue weighted by atomic mass is 32.1. The minimum Gasteiger partial charge on any atom is -0.346 e. The van der Waals surface area contributed by atoms with Crippen LogP contribution in [-0.4, -0.2) is 43.1 Å². The molecule has 0 amide bonds. The number of piperazine rings is 1. The summed E-state index contributed by atoms with van der Waals surface area (Å²) in [6.45, 7) is 4.46. The quantitative estimate of drug-likeness (QED) is 0.772. The Morgan fingerprint density at radius 3 is 2.71 bits per heavy atom. The third-order valence-electron chi connectivity index (χ3n) is 2.47. The van der Waals surface area contributed by atoms with Crippen LogP contribution in [0.2, 0.25) is 0 Å². The van der Waals surface area contributed by atoms with E-state index >= 15 is 0 Å². The predicted octanol–water partition coefficient (Wildman–Crippen LogP) is 1.32. The molecule has 0 aromatic carbocycles. The Kier molecular flexibility index (Phi) is 3.30. The number of thiol groups is 1. The molecule has 3 nitrogen and oxygen atoms in total. The van der Waals surface area contributed by atoms with Gasteiger partial charge < -0.3 is 9.80 Å². The van der Waals surface area contributed by atoms with E-state index in [0.29, 0.717) is 0 Å². The molecule has 78 valence electrons. The van der Waals surface area contributed by atoms with Gasteiger partial charge in [0.15, 0.2) is 5.13 Å². The monoisotopic (exact) mass is 229 g/mol. The summed E-state index contributed by atoms with van der Waals surface area (Å²) in [5, 5.41) is 1.15. The minimum atomic E-state index is 0.797. The third kappa shape index (κ3) is 2.21. The molecule has 0 bridgehead atoms. The molecular formula is C9H15N3S2. The second kappa shape index (κ2) is 4.51. The van der Waals surface area contributed by atoms with Crippen molar-refractivity contribution in [3.63, 3.8) is 0 Å². The number of anilines is 1. The molecule has 1 fully saturated rings. The highest BCUT2D eigenvalue weighted by Crippen LogP contribution is 2.24. The molecule has 0 spiro atoms. The lowest BCUT2D eigenvalue weighted by Crippen LogP contribution is -2.44. The van der Waals surface area contributed by atoms with Crippen LogP contribution in [0.1, 0.15) is 4.88 Å². The first-order valence-electron chi connectivity index (χ1n) is 4.78. The zero-order chi connectivity index (χ0) is 9.97. The molecule has 1 aliphatic heterocycles. The van der Waals surface area contributed by atoms with E-state index in [1.54, 1.807) is 11.3 Å². The zero-order valence-corrected chi connectivity index (χ0v) is 10.0. The van der Waals surface area contributed by atoms with Crippen molar-refractivity contribution in [2.45, 2.75) is 5.75 Å². The van der Waals surface area contributed by atoms with Gasteiger partial charge in [0.2, 0.25) is 0 Å². The maximum atomic E-state index is 4.41. The Bertz CT molecular complexity index is 292. The Morgan fingerprint density at radius 2 is 2.14 bits per heavy atom. The average Bonchev–Trinajstić information content (AvgIpc) is 2.67. The van der Waals surface area contributed by atoms with E-state index in [9.17, 15) is 0 Å². The van der Waals surface area contributed by atoms with E-state index in [-0.39, 0.29) is 0 Å². The lowest BCUT2D eigenvalue weighted by atomic mass is 10.3. The molecule has 1 saturated heterocycles. The van der Waals surface area contributed by atoms with Crippen molar-refractivity contribution in [2.24, 2.45) is 0 Å². The Morgan fingerprint density at radius 1 is 1.43 bits per heavy atom. The number of rotatable bonds is 2. The van der Waals surface area contributed by atoms with Crippen molar-refractivity contribution in [3.05, 3.63) is 11.1 Å². The van der Waals surface area contributed by atoms with Gasteiger partial charge in [-0.2, -0.15) is 12.6 Å². The molecular weight excluding hydrogens is 214 g/mol. The Labute approximate surface area is 94.1 Å². The molecule has 0 aliphatic carbocycles. The summed E-state index contributed by atoms with van der Waals surface area (Å²) in [6, 6.07) is 0. The lowest BCUT2D eigenvalue weighted by Gasteiger charge is -2.32. The maximum Gasteiger partial charge on any atom is 0.185 e. The molecule has 1 aliphatic rings. The van der Waals surface area contributed by atoms with Gasteiger partial charge >= 0.3 is 0 Å². The van der Waals surface area contributed by atoms with Gasteiger partial charge in [-0.05, 0) is 7.05 Å². The minimum absolute atomic E-state index is 0.797. The molecule has 1 aromatic rings. The van der Waals surface area contributed by atoms with Gasteiger partial charge in [0, 0.05) is 43.0 Å². The normalized spacial score (nSPS) is 18.9. The van der Waals surface area contributed by atoms with Gasteiger partial charge in [0.1, 0.15) is 0 Å². The second-order valence-electron chi connectivity index (χ2n) is 3.56. The number of hydrogen-bond acceptors (Lipinski definition) is 5. The van der Waals surface area contributed by atoms with Crippen LogP contribution in [-0.2, 0) is 5.75 Å². The predicted molar refractivity (Wildman–Crippen MR) is 64.5 cm³/mol. The molecule has 0 atom stereocenters. The van der Waals surface area contributed by atoms with Crippen molar-refractivity contribution in [3.8, 4) is 0 Å². The first kappa shape index (κ1) is 10.3. The van der Waals surface area contributed by atoms with E-state index in [1.807, 2.05) is 6.20 Å². The van der Waals surface area contributed by atoms with Crippen molar-refractivity contribution < 1.29 is 0 Å². The highest BCUT2D eigenvalue weighted by Gasteiger charge is 2.16. The molecule has 2 rings (SSSR count). The molecule has 1 aromatic heterocycles. The lowest BCUT2D eigenvalue weighted by molar-refractivity contribution is 0.313. The zero-order valence-electron chi connectivity index (χ0n) is 8.31. The Hall–Kier alpha value is -0.260. The van der Waals surface area contributed by atoms with Crippen LogP contribution in [0.5, 0.6) is 0 Å². The summed E-state index contributed by atoms with van der Waals surface area (Å²) < 4.78 is 0. The van der Waals surface area contributed by atoms with Crippen molar-refractivity contribution in [1.82, 2.24) is 9.88 Å². The smallest absolute Gasteiger partial charge is 0.185 e. The highest BCUT2D eigenvalue weighted by molar-refractivity contribution is 7.79. The van der Waals surface area contributed by atoms with Gasteiger partial charge in [-0.1, -0.05) is 0 Å². The first-order chi connectivity index (χ1) is 6.79. The van der Waals surface area contributed by atoms with Crippen LogP contribution < -0.4 is 4.90 Å². The molecule has 0 N–H and O–H groups in total. The van der Waals surface area contributed by atoms with Crippen LogP contribution in [0, 0.1) is 0 Å². The number of nitrogens with zero attached hydrogens (tertiary/aromatic N) is 3. The van der Waals surface area contributed by atoms with Crippen LogP contribution in [0.15, 0.2) is 6.20 Å². The molecule has 0 saturated carbocycles. The van der Waals surface area contributed by atoms with Gasteiger partial charge in [-0.25, -0.2) is 4.98 Å². The van der Waals surface area contributed by atoms with E-state index in [4.69, 9.17) is 0 Å². The topological polar surface area (TPSA) is 19.4 Å². The Balaban J connectivity index is 2.01. The fourth-order valence-corrected chi connectivity index (χ4v) is 2.61. The summed E-state index contributed by atoms with van der Waals surface area (Å²) in [5.41, 5.74) is 0. The molecule has 0 unspecified atom stereocenters. The maximum absolute atomic E-state index is 4.41. The summed E-state index contributed by atoms with van der Waals surface area (Å²) in [7, 11) is 2.17. The summed E-state index contributed by atoms with van der Waals surface area (Å²) in [6.07, 6.45) is 1.94. The first-order valence-corrected chi connectivity index (χ1v) is 6.23. The standard InChI is InChI=1S/C9H15N3S2/c1-11-2-4-12(5-3-11)9-10-6-8(7-13)14-9/h6,13H,2-5,7H2,1H3. The second-order valence-corrected chi connectivity index (χ2v) is 4.97. The van der Waals surface area contributed by atoms with E-state index in [1.165, 1.54) is 4.88 Å². The van der Waals surface area contributed by atoms with Gasteiger partial charge in [0.05, 0.1) is 0 Å². The van der Waals surface area contributed by atoms with E-state index < -0.39 is 0 Å². The summed E-state index contributed by atoms with van der Waals surface area (Å²) in [5.74, 6) is 0.797. The fourth-order valence-electron chi connectivity index (χ4n) is 1.51. The third-order valence-corrected chi connectivity index (χ3v) is 4.08. The van der Waals surface area contributed by atoms with Crippen molar-refractivity contribution in [2.75, 3.05) is 38.1 Å². The van der Waals surface area contributed by atoms with Gasteiger partial charge in [-0.15, -0.1) is 11.3 Å². The molecule has 5 heteroatoms. The van der Waals surface area contributed by atoms with Crippen LogP contribution >= 0.6 is 24.0 Å². The molecule has 2 heterocycles. The van der Waals surface area contributed by atoms with Crippen molar-refractivity contribution >= 4 is 29.1 Å². The fraction of sp³-hybridized carbons (Fsp3) is 0.667. The van der Waals surface area contributed by atoms with Gasteiger partial charge in [-0.3, -0.25) is 0 Å². The number of likely N-dealkylation sites (N-methyl/N-ethyl adjacent to an activating group) is 1. The molecule has 14 heavy (non-hydrogen) atoms. The van der Waals surface area contributed by atoms with Crippen molar-refractivity contribution in [1.29, 1.82) is 0 Å².